The molecule has 0 bridgehead atoms. The van der Waals surface area contributed by atoms with Crippen molar-refractivity contribution in [3.63, 3.8) is 0 Å². The summed E-state index contributed by atoms with van der Waals surface area (Å²) < 4.78 is 18.8. The van der Waals surface area contributed by atoms with Crippen LogP contribution in [-0.4, -0.2) is 39.1 Å². The maximum atomic E-state index is 13.0. The number of piperidine rings is 1. The monoisotopic (exact) mass is 352 g/mol. The molecule has 3 aromatic rings. The minimum Gasteiger partial charge on any atom is -0.420 e. The first-order chi connectivity index (χ1) is 12.7. The van der Waals surface area contributed by atoms with E-state index in [0.29, 0.717) is 36.0 Å². The Morgan fingerprint density at radius 1 is 1.12 bits per heavy atom. The molecule has 1 aliphatic rings. The number of nitrogens with zero attached hydrogens (tertiary/aromatic N) is 4. The summed E-state index contributed by atoms with van der Waals surface area (Å²) in [5.41, 5.74) is 1.29. The predicted octanol–water partition coefficient (Wildman–Crippen LogP) is 3.29. The highest BCUT2D eigenvalue weighted by atomic mass is 19.1. The third-order valence-corrected chi connectivity index (χ3v) is 4.57. The Morgan fingerprint density at radius 3 is 2.58 bits per heavy atom. The summed E-state index contributed by atoms with van der Waals surface area (Å²) in [5.74, 6) is 0.759. The summed E-state index contributed by atoms with van der Waals surface area (Å²) >= 11 is 0. The van der Waals surface area contributed by atoms with Crippen LogP contribution < -0.4 is 0 Å². The molecule has 7 heteroatoms. The van der Waals surface area contributed by atoms with Gasteiger partial charge in [0.25, 0.3) is 5.91 Å². The van der Waals surface area contributed by atoms with Crippen LogP contribution in [0.3, 0.4) is 0 Å². The lowest BCUT2D eigenvalue weighted by atomic mass is 9.96. The lowest BCUT2D eigenvalue weighted by Gasteiger charge is -2.30. The van der Waals surface area contributed by atoms with Gasteiger partial charge in [0.05, 0.1) is 5.56 Å². The molecule has 1 aromatic carbocycles. The zero-order chi connectivity index (χ0) is 17.9. The highest BCUT2D eigenvalue weighted by molar-refractivity contribution is 5.93. The van der Waals surface area contributed by atoms with Crippen molar-refractivity contribution in [1.82, 2.24) is 20.1 Å². The Morgan fingerprint density at radius 2 is 1.88 bits per heavy atom. The van der Waals surface area contributed by atoms with Crippen LogP contribution in [-0.2, 0) is 0 Å². The molecular weight excluding hydrogens is 335 g/mol. The zero-order valence-corrected chi connectivity index (χ0v) is 14.0. The Hall–Kier alpha value is -3.09. The van der Waals surface area contributed by atoms with Gasteiger partial charge < -0.3 is 9.32 Å². The van der Waals surface area contributed by atoms with Crippen LogP contribution in [0.4, 0.5) is 4.39 Å². The quantitative estimate of drug-likeness (QED) is 0.723. The molecule has 0 N–H and O–H groups in total. The second-order valence-corrected chi connectivity index (χ2v) is 6.26. The average molecular weight is 352 g/mol. The summed E-state index contributed by atoms with van der Waals surface area (Å²) in [6.45, 7) is 1.26. The van der Waals surface area contributed by atoms with Crippen LogP contribution in [0, 0.1) is 5.82 Å². The van der Waals surface area contributed by atoms with E-state index in [0.717, 1.165) is 12.8 Å². The largest absolute Gasteiger partial charge is 0.420 e. The van der Waals surface area contributed by atoms with E-state index >= 15 is 0 Å². The van der Waals surface area contributed by atoms with Gasteiger partial charge in [-0.3, -0.25) is 9.78 Å². The summed E-state index contributed by atoms with van der Waals surface area (Å²) in [5, 5.41) is 8.21. The third kappa shape index (κ3) is 3.33. The van der Waals surface area contributed by atoms with Gasteiger partial charge >= 0.3 is 0 Å². The van der Waals surface area contributed by atoms with Gasteiger partial charge in [-0.2, -0.15) is 0 Å². The van der Waals surface area contributed by atoms with E-state index < -0.39 is 0 Å². The lowest BCUT2D eigenvalue weighted by Crippen LogP contribution is -2.38. The van der Waals surface area contributed by atoms with Gasteiger partial charge in [-0.15, -0.1) is 10.2 Å². The molecule has 26 heavy (non-hydrogen) atoms. The average Bonchev–Trinajstić information content (AvgIpc) is 3.19. The molecule has 0 aliphatic carbocycles. The molecule has 132 valence electrons. The van der Waals surface area contributed by atoms with Crippen LogP contribution in [0.1, 0.15) is 35.0 Å². The van der Waals surface area contributed by atoms with Crippen LogP contribution in [0.15, 0.2) is 53.2 Å². The molecule has 0 spiro atoms. The molecule has 1 fully saturated rings. The minimum atomic E-state index is -0.306. The summed E-state index contributed by atoms with van der Waals surface area (Å²) in [7, 11) is 0. The molecule has 1 amide bonds. The summed E-state index contributed by atoms with van der Waals surface area (Å²) in [6.07, 6.45) is 4.76. The van der Waals surface area contributed by atoms with Crippen molar-refractivity contribution >= 4 is 5.91 Å². The Kier molecular flexibility index (Phi) is 4.43. The number of hydrogen-bond donors (Lipinski definition) is 0. The van der Waals surface area contributed by atoms with Crippen LogP contribution >= 0.6 is 0 Å². The number of likely N-dealkylation sites (tertiary alicyclic amines) is 1. The summed E-state index contributed by atoms with van der Waals surface area (Å²) in [4.78, 5) is 18.3. The predicted molar refractivity (Wildman–Crippen MR) is 91.8 cm³/mol. The van der Waals surface area contributed by atoms with Crippen molar-refractivity contribution in [2.24, 2.45) is 0 Å². The van der Waals surface area contributed by atoms with Gasteiger partial charge in [0.15, 0.2) is 0 Å². The minimum absolute atomic E-state index is 0.00548. The van der Waals surface area contributed by atoms with Crippen molar-refractivity contribution in [2.75, 3.05) is 13.1 Å². The lowest BCUT2D eigenvalue weighted by molar-refractivity contribution is 0.0706. The van der Waals surface area contributed by atoms with Gasteiger partial charge in [0.1, 0.15) is 5.82 Å². The van der Waals surface area contributed by atoms with E-state index in [-0.39, 0.29) is 17.6 Å². The fraction of sp³-hybridized carbons (Fsp3) is 0.263. The van der Waals surface area contributed by atoms with Crippen molar-refractivity contribution in [3.8, 4) is 11.5 Å². The third-order valence-electron chi connectivity index (χ3n) is 4.57. The van der Waals surface area contributed by atoms with Crippen molar-refractivity contribution in [3.05, 3.63) is 66.1 Å². The smallest absolute Gasteiger partial charge is 0.255 e. The highest BCUT2D eigenvalue weighted by Gasteiger charge is 2.28. The highest BCUT2D eigenvalue weighted by Crippen LogP contribution is 2.29. The molecule has 3 heterocycles. The van der Waals surface area contributed by atoms with Crippen molar-refractivity contribution in [1.29, 1.82) is 0 Å². The summed E-state index contributed by atoms with van der Waals surface area (Å²) in [6, 6.07) is 9.48. The first-order valence-corrected chi connectivity index (χ1v) is 8.49. The number of rotatable bonds is 3. The molecule has 6 nitrogen and oxygen atoms in total. The van der Waals surface area contributed by atoms with E-state index in [4.69, 9.17) is 4.42 Å². The van der Waals surface area contributed by atoms with E-state index in [1.807, 2.05) is 4.90 Å². The Bertz CT molecular complexity index is 887. The number of benzene rings is 1. The van der Waals surface area contributed by atoms with Gasteiger partial charge in [0.2, 0.25) is 11.8 Å². The maximum Gasteiger partial charge on any atom is 0.255 e. The van der Waals surface area contributed by atoms with E-state index in [1.54, 1.807) is 36.7 Å². The second kappa shape index (κ2) is 7.03. The van der Waals surface area contributed by atoms with Gasteiger partial charge in [0, 0.05) is 37.0 Å². The topological polar surface area (TPSA) is 72.1 Å². The Labute approximate surface area is 149 Å². The van der Waals surface area contributed by atoms with E-state index in [2.05, 4.69) is 15.2 Å². The van der Waals surface area contributed by atoms with Crippen molar-refractivity contribution < 1.29 is 13.6 Å². The standard InChI is InChI=1S/C19H17FN4O2/c20-16-5-3-13(4-6-16)17-22-23-18(26-17)14-7-10-24(11-8-14)19(25)15-2-1-9-21-12-15/h1-6,9,12,14H,7-8,10-11H2. The first kappa shape index (κ1) is 16.4. The first-order valence-electron chi connectivity index (χ1n) is 8.49. The van der Waals surface area contributed by atoms with E-state index in [9.17, 15) is 9.18 Å². The molecule has 0 atom stereocenters. The normalized spacial score (nSPS) is 15.2. The van der Waals surface area contributed by atoms with E-state index in [1.165, 1.54) is 12.1 Å². The van der Waals surface area contributed by atoms with Gasteiger partial charge in [-0.1, -0.05) is 0 Å². The second-order valence-electron chi connectivity index (χ2n) is 6.26. The zero-order valence-electron chi connectivity index (χ0n) is 14.0. The van der Waals surface area contributed by atoms with Crippen LogP contribution in [0.2, 0.25) is 0 Å². The molecular formula is C19H17FN4O2. The number of pyridine rings is 1. The molecule has 0 radical (unpaired) electrons. The number of carbonyl (C=O) groups is 1. The molecule has 0 unspecified atom stereocenters. The molecule has 1 aliphatic heterocycles. The van der Waals surface area contributed by atoms with Gasteiger partial charge in [-0.25, -0.2) is 4.39 Å². The number of halogens is 1. The van der Waals surface area contributed by atoms with Crippen LogP contribution in [0.25, 0.3) is 11.5 Å². The van der Waals surface area contributed by atoms with Gasteiger partial charge in [-0.05, 0) is 49.2 Å². The molecule has 2 aromatic heterocycles. The molecule has 4 rings (SSSR count). The molecule has 1 saturated heterocycles. The maximum absolute atomic E-state index is 13.0. The van der Waals surface area contributed by atoms with Crippen LogP contribution in [0.5, 0.6) is 0 Å². The Balaban J connectivity index is 1.41. The number of hydrogen-bond acceptors (Lipinski definition) is 5. The number of aromatic nitrogens is 3. The fourth-order valence-electron chi connectivity index (χ4n) is 3.11. The molecule has 0 saturated carbocycles. The fourth-order valence-corrected chi connectivity index (χ4v) is 3.11. The SMILES string of the molecule is O=C(c1cccnc1)N1CCC(c2nnc(-c3ccc(F)cc3)o2)CC1. The van der Waals surface area contributed by atoms with Crippen molar-refractivity contribution in [2.45, 2.75) is 18.8 Å². The number of amides is 1. The number of carbonyl (C=O) groups excluding carboxylic acids is 1.